The minimum Gasteiger partial charge on any atom is -0.337 e. The largest absolute Gasteiger partial charge is 0.337 e. The van der Waals surface area contributed by atoms with E-state index in [4.69, 9.17) is 11.6 Å². The van der Waals surface area contributed by atoms with Gasteiger partial charge in [0.2, 0.25) is 0 Å². The fourth-order valence-corrected chi connectivity index (χ4v) is 3.09. The minimum absolute atomic E-state index is 0.339. The fourth-order valence-electron chi connectivity index (χ4n) is 2.89. The highest BCUT2D eigenvalue weighted by Crippen LogP contribution is 2.24. The molecule has 0 unspecified atom stereocenters. The van der Waals surface area contributed by atoms with Gasteiger partial charge in [0, 0.05) is 10.7 Å². The molecule has 0 saturated carbocycles. The van der Waals surface area contributed by atoms with Gasteiger partial charge in [0.25, 0.3) is 5.56 Å². The number of halogens is 1. The molecule has 0 fully saturated rings. The molecule has 0 aliphatic carbocycles. The first-order valence-electron chi connectivity index (χ1n) is 8.42. The molecular formula is C19H17ClN6O. The number of rotatable bonds is 4. The molecule has 0 aliphatic heterocycles. The van der Waals surface area contributed by atoms with Crippen LogP contribution in [0.4, 0.5) is 11.5 Å². The van der Waals surface area contributed by atoms with Crippen molar-refractivity contribution in [3.05, 3.63) is 74.5 Å². The number of fused-ring (bicyclic) bond motifs is 1. The standard InChI is InChI=1S/C19H17ClN6O/c1-11-7-8-12(2)15(9-11)21-18-16-17(19(27)24-23-18)26(25-22-16)10-13-5-3-4-6-14(13)20/h3-9H,10H2,1-2H3,(H,21,23)(H,24,27). The molecule has 2 aromatic carbocycles. The number of aromatic nitrogens is 5. The Morgan fingerprint density at radius 2 is 2.00 bits per heavy atom. The number of benzene rings is 2. The van der Waals surface area contributed by atoms with Crippen LogP contribution in [0.2, 0.25) is 5.02 Å². The zero-order valence-electron chi connectivity index (χ0n) is 14.8. The molecule has 136 valence electrons. The van der Waals surface area contributed by atoms with Crippen LogP contribution in [0, 0.1) is 13.8 Å². The van der Waals surface area contributed by atoms with Crippen molar-refractivity contribution >= 4 is 34.1 Å². The fraction of sp³-hybridized carbons (Fsp3) is 0.158. The van der Waals surface area contributed by atoms with Gasteiger partial charge in [0.05, 0.1) is 6.54 Å². The van der Waals surface area contributed by atoms with Gasteiger partial charge in [-0.15, -0.1) is 5.10 Å². The van der Waals surface area contributed by atoms with Crippen LogP contribution in [-0.4, -0.2) is 25.2 Å². The van der Waals surface area contributed by atoms with E-state index in [2.05, 4.69) is 25.8 Å². The lowest BCUT2D eigenvalue weighted by molar-refractivity contribution is 0.667. The quantitative estimate of drug-likeness (QED) is 0.565. The number of nitrogens with zero attached hydrogens (tertiary/aromatic N) is 4. The van der Waals surface area contributed by atoms with E-state index in [1.54, 1.807) is 6.07 Å². The Morgan fingerprint density at radius 3 is 2.81 bits per heavy atom. The van der Waals surface area contributed by atoms with Crippen LogP contribution in [-0.2, 0) is 6.54 Å². The summed E-state index contributed by atoms with van der Waals surface area (Å²) in [6.45, 7) is 4.35. The lowest BCUT2D eigenvalue weighted by atomic mass is 10.1. The smallest absolute Gasteiger partial charge is 0.292 e. The van der Waals surface area contributed by atoms with E-state index in [9.17, 15) is 4.79 Å². The summed E-state index contributed by atoms with van der Waals surface area (Å²) in [6.07, 6.45) is 0. The molecule has 0 aliphatic rings. The van der Waals surface area contributed by atoms with Crippen LogP contribution in [0.5, 0.6) is 0 Å². The maximum atomic E-state index is 12.4. The molecule has 2 heterocycles. The second kappa shape index (κ2) is 6.85. The molecule has 7 nitrogen and oxygen atoms in total. The third kappa shape index (κ3) is 3.29. The summed E-state index contributed by atoms with van der Waals surface area (Å²) in [5.74, 6) is 0.448. The van der Waals surface area contributed by atoms with E-state index < -0.39 is 0 Å². The molecule has 0 radical (unpaired) electrons. The summed E-state index contributed by atoms with van der Waals surface area (Å²) in [6, 6.07) is 13.5. The number of aromatic amines is 1. The average Bonchev–Trinajstić information content (AvgIpc) is 3.07. The Morgan fingerprint density at radius 1 is 1.19 bits per heavy atom. The predicted octanol–water partition coefficient (Wildman–Crippen LogP) is 3.58. The van der Waals surface area contributed by atoms with Gasteiger partial charge in [0.1, 0.15) is 0 Å². The Labute approximate surface area is 160 Å². The van der Waals surface area contributed by atoms with Gasteiger partial charge >= 0.3 is 0 Å². The topological polar surface area (TPSA) is 88.5 Å². The molecule has 0 saturated heterocycles. The Balaban J connectivity index is 1.78. The highest BCUT2D eigenvalue weighted by atomic mass is 35.5. The monoisotopic (exact) mass is 380 g/mol. The zero-order valence-corrected chi connectivity index (χ0v) is 15.6. The van der Waals surface area contributed by atoms with Crippen molar-refractivity contribution in [1.29, 1.82) is 0 Å². The van der Waals surface area contributed by atoms with Crippen LogP contribution >= 0.6 is 11.6 Å². The summed E-state index contributed by atoms with van der Waals surface area (Å²) in [5.41, 5.74) is 4.33. The highest BCUT2D eigenvalue weighted by molar-refractivity contribution is 6.31. The molecule has 0 spiro atoms. The van der Waals surface area contributed by atoms with Crippen LogP contribution in [0.25, 0.3) is 11.0 Å². The Hall–Kier alpha value is -3.19. The van der Waals surface area contributed by atoms with Crippen LogP contribution in [0.15, 0.2) is 47.3 Å². The van der Waals surface area contributed by atoms with Gasteiger partial charge in [-0.05, 0) is 42.7 Å². The lowest BCUT2D eigenvalue weighted by Crippen LogP contribution is -2.15. The second-order valence-corrected chi connectivity index (χ2v) is 6.79. The molecular weight excluding hydrogens is 364 g/mol. The van der Waals surface area contributed by atoms with E-state index >= 15 is 0 Å². The minimum atomic E-state index is -0.353. The number of aryl methyl sites for hydroxylation is 2. The maximum Gasteiger partial charge on any atom is 0.292 e. The summed E-state index contributed by atoms with van der Waals surface area (Å²) in [7, 11) is 0. The first kappa shape index (κ1) is 17.2. The molecule has 2 N–H and O–H groups in total. The van der Waals surface area contributed by atoms with E-state index in [1.165, 1.54) is 4.68 Å². The number of hydrogen-bond donors (Lipinski definition) is 2. The van der Waals surface area contributed by atoms with E-state index in [0.29, 0.717) is 28.4 Å². The number of hydrogen-bond acceptors (Lipinski definition) is 5. The highest BCUT2D eigenvalue weighted by Gasteiger charge is 2.16. The van der Waals surface area contributed by atoms with Gasteiger partial charge in [-0.3, -0.25) is 4.79 Å². The van der Waals surface area contributed by atoms with Gasteiger partial charge in [-0.25, -0.2) is 9.78 Å². The van der Waals surface area contributed by atoms with Crippen molar-refractivity contribution in [2.24, 2.45) is 0 Å². The summed E-state index contributed by atoms with van der Waals surface area (Å²) >= 11 is 6.23. The second-order valence-electron chi connectivity index (χ2n) is 6.38. The first-order chi connectivity index (χ1) is 13.0. The summed E-state index contributed by atoms with van der Waals surface area (Å²) in [4.78, 5) is 12.4. The summed E-state index contributed by atoms with van der Waals surface area (Å²) in [5, 5.41) is 18.8. The normalized spacial score (nSPS) is 11.1. The van der Waals surface area contributed by atoms with Crippen molar-refractivity contribution in [1.82, 2.24) is 25.2 Å². The van der Waals surface area contributed by atoms with E-state index in [1.807, 2.05) is 50.2 Å². The average molecular weight is 381 g/mol. The molecule has 8 heteroatoms. The SMILES string of the molecule is Cc1ccc(C)c(Nc2n[nH]c(=O)c3c2nnn3Cc2ccccc2Cl)c1. The van der Waals surface area contributed by atoms with Crippen molar-refractivity contribution in [3.63, 3.8) is 0 Å². The zero-order chi connectivity index (χ0) is 19.0. The van der Waals surface area contributed by atoms with E-state index in [-0.39, 0.29) is 5.56 Å². The van der Waals surface area contributed by atoms with Crippen LogP contribution in [0.3, 0.4) is 0 Å². The Kier molecular flexibility index (Phi) is 4.37. The van der Waals surface area contributed by atoms with Gasteiger partial charge in [0.15, 0.2) is 16.9 Å². The molecule has 4 aromatic rings. The molecule has 0 amide bonds. The Bertz CT molecular complexity index is 1200. The molecule has 0 bridgehead atoms. The van der Waals surface area contributed by atoms with Crippen LogP contribution in [0.1, 0.15) is 16.7 Å². The number of H-pyrrole nitrogens is 1. The van der Waals surface area contributed by atoms with Crippen molar-refractivity contribution < 1.29 is 0 Å². The van der Waals surface area contributed by atoms with Gasteiger partial charge in [-0.1, -0.05) is 47.1 Å². The van der Waals surface area contributed by atoms with Gasteiger partial charge < -0.3 is 5.32 Å². The predicted molar refractivity (Wildman–Crippen MR) is 106 cm³/mol. The maximum absolute atomic E-state index is 12.4. The summed E-state index contributed by atoms with van der Waals surface area (Å²) < 4.78 is 1.53. The third-order valence-electron chi connectivity index (χ3n) is 4.37. The molecule has 27 heavy (non-hydrogen) atoms. The van der Waals surface area contributed by atoms with Crippen molar-refractivity contribution in [3.8, 4) is 0 Å². The molecule has 2 aromatic heterocycles. The van der Waals surface area contributed by atoms with Crippen molar-refractivity contribution in [2.75, 3.05) is 5.32 Å². The number of nitrogens with one attached hydrogen (secondary N) is 2. The molecule has 4 rings (SSSR count). The van der Waals surface area contributed by atoms with Gasteiger partial charge in [-0.2, -0.15) is 5.10 Å². The lowest BCUT2D eigenvalue weighted by Gasteiger charge is -2.10. The third-order valence-corrected chi connectivity index (χ3v) is 4.74. The van der Waals surface area contributed by atoms with E-state index in [0.717, 1.165) is 22.4 Å². The molecule has 0 atom stereocenters. The van der Waals surface area contributed by atoms with Crippen LogP contribution < -0.4 is 10.9 Å². The van der Waals surface area contributed by atoms with Crippen molar-refractivity contribution in [2.45, 2.75) is 20.4 Å². The first-order valence-corrected chi connectivity index (χ1v) is 8.80. The number of anilines is 2.